The molecule has 0 aromatic rings. The first kappa shape index (κ1) is 5.97. The smallest absolute Gasteiger partial charge is 0.263 e. The molecule has 1 nitrogen and oxygen atoms in total. The van der Waals surface area contributed by atoms with Gasteiger partial charge in [-0.2, -0.15) is 0 Å². The van der Waals surface area contributed by atoms with E-state index >= 15 is 0 Å². The molecule has 1 aliphatic heterocycles. The maximum Gasteiger partial charge on any atom is 0.263 e. The Morgan fingerprint density at radius 1 is 1.50 bits per heavy atom. The third-order valence-electron chi connectivity index (χ3n) is 1.51. The van der Waals surface area contributed by atoms with Crippen LogP contribution < -0.4 is 0 Å². The molecule has 1 heterocycles. The molecule has 10 heavy (non-hydrogen) atoms. The molecule has 2 atom stereocenters. The normalized spacial score (nSPS) is 43.7. The number of hydrogen-bond donors (Lipinski definition) is 0. The van der Waals surface area contributed by atoms with E-state index in [1.165, 1.54) is 0 Å². The molecule has 0 amide bonds. The van der Waals surface area contributed by atoms with Crippen LogP contribution in [0.2, 0.25) is 0 Å². The minimum atomic E-state index is -2.06. The summed E-state index contributed by atoms with van der Waals surface area (Å²) in [6.07, 6.45) is 0.284. The molecule has 4 heteroatoms. The Labute approximate surface area is 54.8 Å². The van der Waals surface area contributed by atoms with E-state index in [2.05, 4.69) is 4.74 Å². The summed E-state index contributed by atoms with van der Waals surface area (Å²) in [5, 5.41) is 0. The van der Waals surface area contributed by atoms with Crippen LogP contribution in [-0.4, -0.2) is 12.0 Å². The van der Waals surface area contributed by atoms with E-state index < -0.39 is 23.6 Å². The Morgan fingerprint density at radius 2 is 2.20 bits per heavy atom. The monoisotopic (exact) mass is 148 g/mol. The van der Waals surface area contributed by atoms with Crippen molar-refractivity contribution in [2.24, 2.45) is 0 Å². The Kier molecular flexibility index (Phi) is 0.866. The van der Waals surface area contributed by atoms with Crippen molar-refractivity contribution in [3.05, 3.63) is 23.8 Å². The third kappa shape index (κ3) is 0.568. The molecule has 2 rings (SSSR count). The highest BCUT2D eigenvalue weighted by Crippen LogP contribution is 2.48. The van der Waals surface area contributed by atoms with E-state index in [0.717, 1.165) is 12.2 Å². The number of allylic oxidation sites excluding steroid dienone is 2. The molecule has 0 saturated carbocycles. The minimum Gasteiger partial charge on any atom is -0.323 e. The molecule has 0 N–H and O–H groups in total. The third-order valence-corrected chi connectivity index (χ3v) is 1.51. The van der Waals surface area contributed by atoms with Crippen molar-refractivity contribution in [2.45, 2.75) is 12.0 Å². The first-order valence-electron chi connectivity index (χ1n) is 2.74. The van der Waals surface area contributed by atoms with Crippen molar-refractivity contribution in [3.63, 3.8) is 0 Å². The first-order valence-corrected chi connectivity index (χ1v) is 2.74. The Hall–Kier alpha value is -0.770. The second-order valence-electron chi connectivity index (χ2n) is 2.22. The van der Waals surface area contributed by atoms with Gasteiger partial charge in [0.2, 0.25) is 0 Å². The van der Waals surface area contributed by atoms with Gasteiger partial charge in [-0.25, -0.2) is 13.2 Å². The molecular weight excluding hydrogens is 145 g/mol. The fourth-order valence-electron chi connectivity index (χ4n) is 0.889. The summed E-state index contributed by atoms with van der Waals surface area (Å²) < 4.78 is 41.4. The quantitative estimate of drug-likeness (QED) is 0.477. The maximum absolute atomic E-state index is 12.6. The molecule has 0 spiro atoms. The zero-order valence-corrected chi connectivity index (χ0v) is 4.77. The van der Waals surface area contributed by atoms with Crippen LogP contribution in [0.5, 0.6) is 0 Å². The van der Waals surface area contributed by atoms with Crippen LogP contribution in [0.4, 0.5) is 13.2 Å². The van der Waals surface area contributed by atoms with Gasteiger partial charge in [0.1, 0.15) is 0 Å². The predicted molar refractivity (Wildman–Crippen MR) is 27.1 cm³/mol. The highest BCUT2D eigenvalue weighted by Gasteiger charge is 2.61. The lowest BCUT2D eigenvalue weighted by atomic mass is 10.1. The van der Waals surface area contributed by atoms with Gasteiger partial charge in [-0.1, -0.05) is 0 Å². The Balaban J connectivity index is 2.38. The summed E-state index contributed by atoms with van der Waals surface area (Å²) in [5.41, 5.74) is 0. The SMILES string of the molecule is FC1=C(F)C2OC2(F)C=C1. The van der Waals surface area contributed by atoms with E-state index in [1.807, 2.05) is 0 Å². The van der Waals surface area contributed by atoms with Crippen LogP contribution in [0.3, 0.4) is 0 Å². The van der Waals surface area contributed by atoms with Gasteiger partial charge >= 0.3 is 0 Å². The molecule has 2 unspecified atom stereocenters. The highest BCUT2D eigenvalue weighted by atomic mass is 19.2. The van der Waals surface area contributed by atoms with Gasteiger partial charge in [-0.05, 0) is 12.2 Å². The standard InChI is InChI=1S/C6H3F3O/c7-3-1-2-6(9)5(10-6)4(3)8/h1-2,5H. The summed E-state index contributed by atoms with van der Waals surface area (Å²) in [6, 6.07) is 0. The van der Waals surface area contributed by atoms with Crippen LogP contribution in [0, 0.1) is 0 Å². The number of rotatable bonds is 0. The van der Waals surface area contributed by atoms with Crippen molar-refractivity contribution < 1.29 is 17.9 Å². The van der Waals surface area contributed by atoms with Gasteiger partial charge in [-0.3, -0.25) is 0 Å². The number of epoxide rings is 1. The van der Waals surface area contributed by atoms with Gasteiger partial charge in [0.25, 0.3) is 5.85 Å². The van der Waals surface area contributed by atoms with Crippen LogP contribution in [0.15, 0.2) is 23.8 Å². The summed E-state index contributed by atoms with van der Waals surface area (Å²) in [6.45, 7) is 0. The molecule has 0 bridgehead atoms. The highest BCUT2D eigenvalue weighted by molar-refractivity contribution is 5.34. The van der Waals surface area contributed by atoms with Gasteiger partial charge < -0.3 is 4.74 Å². The van der Waals surface area contributed by atoms with E-state index in [0.29, 0.717) is 0 Å². The molecule has 1 saturated heterocycles. The molecule has 1 fully saturated rings. The van der Waals surface area contributed by atoms with Crippen molar-refractivity contribution in [1.29, 1.82) is 0 Å². The lowest BCUT2D eigenvalue weighted by Gasteiger charge is -1.98. The second kappa shape index (κ2) is 1.45. The van der Waals surface area contributed by atoms with E-state index in [9.17, 15) is 13.2 Å². The topological polar surface area (TPSA) is 12.5 Å². The van der Waals surface area contributed by atoms with Crippen molar-refractivity contribution in [3.8, 4) is 0 Å². The second-order valence-corrected chi connectivity index (χ2v) is 2.22. The van der Waals surface area contributed by atoms with E-state index in [4.69, 9.17) is 0 Å². The zero-order chi connectivity index (χ0) is 7.35. The number of alkyl halides is 1. The molecule has 0 aromatic heterocycles. The van der Waals surface area contributed by atoms with E-state index in [1.54, 1.807) is 0 Å². The predicted octanol–water partition coefficient (Wildman–Crippen LogP) is 1.77. The van der Waals surface area contributed by atoms with E-state index in [-0.39, 0.29) is 0 Å². The summed E-state index contributed by atoms with van der Waals surface area (Å²) in [4.78, 5) is 0. The first-order chi connectivity index (χ1) is 4.63. The average molecular weight is 148 g/mol. The zero-order valence-electron chi connectivity index (χ0n) is 4.77. The largest absolute Gasteiger partial charge is 0.323 e. The van der Waals surface area contributed by atoms with Gasteiger partial charge in [0.15, 0.2) is 17.8 Å². The number of fused-ring (bicyclic) bond motifs is 1. The Bertz CT molecular complexity index is 245. The summed E-state index contributed by atoms with van der Waals surface area (Å²) >= 11 is 0. The van der Waals surface area contributed by atoms with Crippen molar-refractivity contribution in [2.75, 3.05) is 0 Å². The van der Waals surface area contributed by atoms with Crippen LogP contribution >= 0.6 is 0 Å². The lowest BCUT2D eigenvalue weighted by Crippen LogP contribution is -2.08. The molecule has 54 valence electrons. The average Bonchev–Trinajstić information content (AvgIpc) is 2.56. The number of halogens is 3. The molecule has 2 aliphatic rings. The minimum absolute atomic E-state index is 0.735. The van der Waals surface area contributed by atoms with Crippen molar-refractivity contribution in [1.82, 2.24) is 0 Å². The maximum atomic E-state index is 12.6. The van der Waals surface area contributed by atoms with Crippen LogP contribution in [0.25, 0.3) is 0 Å². The van der Waals surface area contributed by atoms with Gasteiger partial charge in [0.05, 0.1) is 0 Å². The van der Waals surface area contributed by atoms with Gasteiger partial charge in [-0.15, -0.1) is 0 Å². The lowest BCUT2D eigenvalue weighted by molar-refractivity contribution is 0.192. The molecule has 0 radical (unpaired) electrons. The molecular formula is C6H3F3O. The molecule has 0 aromatic carbocycles. The fourth-order valence-corrected chi connectivity index (χ4v) is 0.889. The van der Waals surface area contributed by atoms with Crippen LogP contribution in [0.1, 0.15) is 0 Å². The number of ether oxygens (including phenoxy) is 1. The summed E-state index contributed by atoms with van der Waals surface area (Å²) in [7, 11) is 0. The van der Waals surface area contributed by atoms with Crippen molar-refractivity contribution >= 4 is 0 Å². The van der Waals surface area contributed by atoms with Gasteiger partial charge in [0, 0.05) is 0 Å². The fraction of sp³-hybridized carbons (Fsp3) is 0.333. The molecule has 1 aliphatic carbocycles. The number of hydrogen-bond acceptors (Lipinski definition) is 1. The Morgan fingerprint density at radius 3 is 2.80 bits per heavy atom. The summed E-state index contributed by atoms with van der Waals surface area (Å²) in [5.74, 6) is -4.25. The van der Waals surface area contributed by atoms with Crippen LogP contribution in [-0.2, 0) is 4.74 Å².